The van der Waals surface area contributed by atoms with E-state index in [-0.39, 0.29) is 24.2 Å². The molecule has 2 N–H and O–H groups in total. The zero-order valence-corrected chi connectivity index (χ0v) is 22.9. The van der Waals surface area contributed by atoms with Crippen molar-refractivity contribution in [1.82, 2.24) is 4.72 Å². The molecular weight excluding hydrogens is 446 g/mol. The van der Waals surface area contributed by atoms with E-state index in [2.05, 4.69) is 36.8 Å². The minimum Gasteiger partial charge on any atom is -0.389 e. The summed E-state index contributed by atoms with van der Waals surface area (Å²) in [5.74, 6) is -0.339. The molecule has 34 heavy (non-hydrogen) atoms. The van der Waals surface area contributed by atoms with E-state index in [1.54, 1.807) is 0 Å². The minimum absolute atomic E-state index is 0.0453. The topological polar surface area (TPSA) is 83.5 Å². The molecular formula is C28H53NO4S. The number of unbranched alkanes of at least 4 members (excludes halogenated alkanes) is 13. The van der Waals surface area contributed by atoms with Gasteiger partial charge in [-0.2, -0.15) is 0 Å². The zero-order valence-electron chi connectivity index (χ0n) is 22.1. The Morgan fingerprint density at radius 2 is 1.26 bits per heavy atom. The fourth-order valence-electron chi connectivity index (χ4n) is 3.78. The molecule has 200 valence electrons. The fraction of sp³-hybridized carbons (Fsp3) is 0.821. The van der Waals surface area contributed by atoms with Gasteiger partial charge in [0, 0.05) is 6.42 Å². The number of sulfonamides is 1. The predicted octanol–water partition coefficient (Wildman–Crippen LogP) is 7.36. The van der Waals surface area contributed by atoms with Crippen LogP contribution >= 0.6 is 0 Å². The van der Waals surface area contributed by atoms with Crippen LogP contribution in [0.4, 0.5) is 0 Å². The van der Waals surface area contributed by atoms with Gasteiger partial charge in [-0.1, -0.05) is 102 Å². The van der Waals surface area contributed by atoms with E-state index in [4.69, 9.17) is 0 Å². The normalized spacial score (nSPS) is 13.1. The molecule has 0 aromatic heterocycles. The number of hydrogen-bond donors (Lipinski definition) is 2. The largest absolute Gasteiger partial charge is 0.389 e. The van der Waals surface area contributed by atoms with Gasteiger partial charge in [-0.25, -0.2) is 8.42 Å². The maximum Gasteiger partial charge on any atom is 0.234 e. The van der Waals surface area contributed by atoms with Crippen molar-refractivity contribution < 1.29 is 18.3 Å². The number of aliphatic hydroxyl groups excluding tert-OH is 1. The standard InChI is InChI=1S/C28H53NO4S/c1-3-5-7-8-19-22-26-34(32,33)29-28(31)25-21-18-16-14-12-10-9-11-13-15-17-20-24-27(30)23-6-4-2/h14,16,20,24,27,30H,3-13,15,17-19,21-23,25-26H2,1-2H3,(H,29,31)/t27-/m1/s1. The third-order valence-corrected chi connectivity index (χ3v) is 7.30. The van der Waals surface area contributed by atoms with E-state index in [9.17, 15) is 18.3 Å². The van der Waals surface area contributed by atoms with Crippen LogP contribution in [0.1, 0.15) is 136 Å². The van der Waals surface area contributed by atoms with Crippen LogP contribution in [0, 0.1) is 0 Å². The summed E-state index contributed by atoms with van der Waals surface area (Å²) in [6.45, 7) is 4.30. The molecule has 1 atom stereocenters. The first kappa shape index (κ1) is 32.9. The van der Waals surface area contributed by atoms with Gasteiger partial charge in [0.05, 0.1) is 11.9 Å². The van der Waals surface area contributed by atoms with Gasteiger partial charge >= 0.3 is 0 Å². The number of nitrogens with one attached hydrogen (secondary N) is 1. The summed E-state index contributed by atoms with van der Waals surface area (Å²) in [6.07, 6.45) is 27.2. The molecule has 0 saturated carbocycles. The van der Waals surface area contributed by atoms with Crippen LogP contribution in [0.3, 0.4) is 0 Å². The monoisotopic (exact) mass is 499 g/mol. The first-order chi connectivity index (χ1) is 16.4. The molecule has 0 fully saturated rings. The third-order valence-electron chi connectivity index (χ3n) is 5.93. The second-order valence-electron chi connectivity index (χ2n) is 9.46. The number of allylic oxidation sites excluding steroid dienone is 3. The summed E-state index contributed by atoms with van der Waals surface area (Å²) < 4.78 is 26.1. The molecule has 0 aliphatic carbocycles. The van der Waals surface area contributed by atoms with Gasteiger partial charge in [0.1, 0.15) is 0 Å². The molecule has 0 rings (SSSR count). The molecule has 0 bridgehead atoms. The number of carbonyl (C=O) groups excluding carboxylic acids is 1. The average Bonchev–Trinajstić information content (AvgIpc) is 2.79. The van der Waals surface area contributed by atoms with E-state index in [1.807, 2.05) is 6.08 Å². The summed E-state index contributed by atoms with van der Waals surface area (Å²) in [6, 6.07) is 0. The summed E-state index contributed by atoms with van der Waals surface area (Å²) in [5, 5.41) is 9.75. The van der Waals surface area contributed by atoms with E-state index < -0.39 is 10.0 Å². The Balaban J connectivity index is 3.57. The van der Waals surface area contributed by atoms with Gasteiger partial charge in [0.25, 0.3) is 0 Å². The van der Waals surface area contributed by atoms with Crippen LogP contribution in [0.5, 0.6) is 0 Å². The number of rotatable bonds is 24. The van der Waals surface area contributed by atoms with Gasteiger partial charge in [-0.15, -0.1) is 0 Å². The molecule has 0 unspecified atom stereocenters. The average molecular weight is 500 g/mol. The van der Waals surface area contributed by atoms with Crippen molar-refractivity contribution in [3.8, 4) is 0 Å². The van der Waals surface area contributed by atoms with Gasteiger partial charge in [0.15, 0.2) is 0 Å². The van der Waals surface area contributed by atoms with Crippen LogP contribution in [0.15, 0.2) is 24.3 Å². The SMILES string of the molecule is CCCCCCCCS(=O)(=O)NC(=O)CCCC=CCCCCCCCC=C[C@H](O)CCCC. The molecule has 5 nitrogen and oxygen atoms in total. The second kappa shape index (κ2) is 23.6. The van der Waals surface area contributed by atoms with Crippen LogP contribution < -0.4 is 4.72 Å². The van der Waals surface area contributed by atoms with Crippen molar-refractivity contribution >= 4 is 15.9 Å². The Bertz CT molecular complexity index is 628. The lowest BCUT2D eigenvalue weighted by Gasteiger charge is -2.06. The molecule has 0 aromatic rings. The Kier molecular flexibility index (Phi) is 22.8. The number of aliphatic hydroxyl groups is 1. The second-order valence-corrected chi connectivity index (χ2v) is 11.3. The van der Waals surface area contributed by atoms with Gasteiger partial charge < -0.3 is 5.11 Å². The minimum atomic E-state index is -3.48. The van der Waals surface area contributed by atoms with Crippen LogP contribution in [0.25, 0.3) is 0 Å². The van der Waals surface area contributed by atoms with Crippen LogP contribution in [-0.2, 0) is 14.8 Å². The lowest BCUT2D eigenvalue weighted by Crippen LogP contribution is -2.32. The zero-order chi connectivity index (χ0) is 25.3. The van der Waals surface area contributed by atoms with Crippen LogP contribution in [0.2, 0.25) is 0 Å². The summed E-state index contributed by atoms with van der Waals surface area (Å²) in [5.41, 5.74) is 0. The van der Waals surface area contributed by atoms with Gasteiger partial charge in [-0.05, 0) is 51.4 Å². The van der Waals surface area contributed by atoms with Crippen LogP contribution in [-0.4, -0.2) is 31.3 Å². The Hall–Kier alpha value is -1.14. The maximum absolute atomic E-state index is 12.0. The van der Waals surface area contributed by atoms with Gasteiger partial charge in [-0.3, -0.25) is 9.52 Å². The molecule has 0 spiro atoms. The Morgan fingerprint density at radius 1 is 0.735 bits per heavy atom. The molecule has 0 aromatic carbocycles. The highest BCUT2D eigenvalue weighted by Crippen LogP contribution is 2.10. The van der Waals surface area contributed by atoms with E-state index >= 15 is 0 Å². The molecule has 0 radical (unpaired) electrons. The molecule has 0 aliphatic rings. The Morgan fingerprint density at radius 3 is 1.91 bits per heavy atom. The highest BCUT2D eigenvalue weighted by Gasteiger charge is 2.13. The molecule has 6 heteroatoms. The Labute approximate surface area is 210 Å². The molecule has 0 heterocycles. The van der Waals surface area contributed by atoms with Crippen molar-refractivity contribution in [2.45, 2.75) is 142 Å². The highest BCUT2D eigenvalue weighted by molar-refractivity contribution is 7.90. The number of amides is 1. The van der Waals surface area contributed by atoms with Crippen molar-refractivity contribution in [1.29, 1.82) is 0 Å². The number of hydrogen-bond acceptors (Lipinski definition) is 4. The first-order valence-electron chi connectivity index (χ1n) is 13.9. The third kappa shape index (κ3) is 24.0. The molecule has 0 saturated heterocycles. The van der Waals surface area contributed by atoms with Crippen molar-refractivity contribution in [2.24, 2.45) is 0 Å². The van der Waals surface area contributed by atoms with E-state index in [1.165, 1.54) is 44.9 Å². The van der Waals surface area contributed by atoms with Gasteiger partial charge in [0.2, 0.25) is 15.9 Å². The van der Waals surface area contributed by atoms with Crippen molar-refractivity contribution in [2.75, 3.05) is 5.75 Å². The summed E-state index contributed by atoms with van der Waals surface area (Å²) in [7, 11) is -3.48. The maximum atomic E-state index is 12.0. The lowest BCUT2D eigenvalue weighted by atomic mass is 10.1. The van der Waals surface area contributed by atoms with Crippen molar-refractivity contribution in [3.63, 3.8) is 0 Å². The molecule has 0 aliphatic heterocycles. The first-order valence-corrected chi connectivity index (χ1v) is 15.6. The molecule has 1 amide bonds. The highest BCUT2D eigenvalue weighted by atomic mass is 32.2. The summed E-state index contributed by atoms with van der Waals surface area (Å²) in [4.78, 5) is 11.9. The number of carbonyl (C=O) groups is 1. The van der Waals surface area contributed by atoms with E-state index in [0.29, 0.717) is 12.8 Å². The summed E-state index contributed by atoms with van der Waals surface area (Å²) >= 11 is 0. The quantitative estimate of drug-likeness (QED) is 0.107. The van der Waals surface area contributed by atoms with Crippen molar-refractivity contribution in [3.05, 3.63) is 24.3 Å². The predicted molar refractivity (Wildman–Crippen MR) is 145 cm³/mol. The fourth-order valence-corrected chi connectivity index (χ4v) is 4.92. The lowest BCUT2D eigenvalue weighted by molar-refractivity contribution is -0.119. The smallest absolute Gasteiger partial charge is 0.234 e. The van der Waals surface area contributed by atoms with E-state index in [0.717, 1.165) is 57.8 Å².